The minimum Gasteiger partial charge on any atom is -0.308 e. The summed E-state index contributed by atoms with van der Waals surface area (Å²) in [6.07, 6.45) is -2.75. The first-order chi connectivity index (χ1) is 15.1. The van der Waals surface area contributed by atoms with E-state index in [4.69, 9.17) is 0 Å². The summed E-state index contributed by atoms with van der Waals surface area (Å²) in [7, 11) is 1.79. The van der Waals surface area contributed by atoms with E-state index in [1.165, 1.54) is 27.7 Å². The number of hydrogen-bond acceptors (Lipinski definition) is 2. The quantitative estimate of drug-likeness (QED) is 0.389. The fourth-order valence-electron chi connectivity index (χ4n) is 4.28. The number of amides is 1. The molecular formula is C23H18F4N4O. The fraction of sp³-hybridized carbons (Fsp3) is 0.217. The summed E-state index contributed by atoms with van der Waals surface area (Å²) >= 11 is 0. The van der Waals surface area contributed by atoms with Gasteiger partial charge < -0.3 is 9.47 Å². The van der Waals surface area contributed by atoms with Gasteiger partial charge in [-0.25, -0.2) is 0 Å². The number of anilines is 1. The molecule has 0 spiro atoms. The van der Waals surface area contributed by atoms with Crippen LogP contribution >= 0.6 is 0 Å². The van der Waals surface area contributed by atoms with Crippen molar-refractivity contribution in [1.29, 1.82) is 0 Å². The molecule has 0 radical (unpaired) electrons. The van der Waals surface area contributed by atoms with Crippen LogP contribution in [0.2, 0.25) is 0 Å². The van der Waals surface area contributed by atoms with Gasteiger partial charge in [-0.3, -0.25) is 9.48 Å². The van der Waals surface area contributed by atoms with Gasteiger partial charge in [-0.05, 0) is 42.8 Å². The van der Waals surface area contributed by atoms with Crippen LogP contribution < -0.4 is 4.90 Å². The third-order valence-corrected chi connectivity index (χ3v) is 5.89. The number of hydrogen-bond donors (Lipinski definition) is 0. The number of benzene rings is 2. The second-order valence-electron chi connectivity index (χ2n) is 7.95. The van der Waals surface area contributed by atoms with Gasteiger partial charge in [0.25, 0.3) is 5.91 Å². The second-order valence-corrected chi connectivity index (χ2v) is 7.95. The van der Waals surface area contributed by atoms with Crippen molar-refractivity contribution in [3.63, 3.8) is 0 Å². The number of nitrogens with zero attached hydrogens (tertiary/aromatic N) is 4. The summed E-state index contributed by atoms with van der Waals surface area (Å²) in [5, 5.41) is 5.12. The molecule has 0 aliphatic carbocycles. The molecule has 5 rings (SSSR count). The van der Waals surface area contributed by atoms with Gasteiger partial charge in [-0.1, -0.05) is 12.1 Å². The van der Waals surface area contributed by atoms with Crippen molar-refractivity contribution in [3.8, 4) is 11.1 Å². The molecule has 3 heterocycles. The highest BCUT2D eigenvalue weighted by Crippen LogP contribution is 2.37. The van der Waals surface area contributed by atoms with Crippen molar-refractivity contribution in [2.75, 3.05) is 11.4 Å². The van der Waals surface area contributed by atoms with Crippen LogP contribution in [0.4, 0.5) is 23.2 Å². The number of carbonyl (C=O) groups excluding carboxylic acids is 1. The van der Waals surface area contributed by atoms with Crippen molar-refractivity contribution < 1.29 is 22.4 Å². The second kappa shape index (κ2) is 6.94. The maximum atomic E-state index is 14.9. The number of aryl methyl sites for hydroxylation is 1. The van der Waals surface area contributed by atoms with Crippen molar-refractivity contribution >= 4 is 22.5 Å². The zero-order chi connectivity index (χ0) is 22.8. The van der Waals surface area contributed by atoms with Crippen LogP contribution in [0.3, 0.4) is 0 Å². The topological polar surface area (TPSA) is 43.1 Å². The molecule has 1 aliphatic heterocycles. The summed E-state index contributed by atoms with van der Waals surface area (Å²) in [5.74, 6) is -1.00. The summed E-state index contributed by atoms with van der Waals surface area (Å²) in [4.78, 5) is 14.8. The lowest BCUT2D eigenvalue weighted by Gasteiger charge is -2.33. The zero-order valence-electron chi connectivity index (χ0n) is 17.2. The number of carbonyl (C=O) groups is 1. The molecule has 5 nitrogen and oxygen atoms in total. The Bertz CT molecular complexity index is 1350. The summed E-state index contributed by atoms with van der Waals surface area (Å²) in [6.45, 7) is 1.91. The molecule has 2 aromatic heterocycles. The monoisotopic (exact) mass is 442 g/mol. The molecule has 4 aromatic rings. The Morgan fingerprint density at radius 3 is 2.47 bits per heavy atom. The smallest absolute Gasteiger partial charge is 0.308 e. The zero-order valence-corrected chi connectivity index (χ0v) is 17.2. The van der Waals surface area contributed by atoms with Crippen molar-refractivity contribution in [2.45, 2.75) is 19.1 Å². The Kier molecular flexibility index (Phi) is 4.40. The van der Waals surface area contributed by atoms with Crippen molar-refractivity contribution in [3.05, 3.63) is 71.9 Å². The molecule has 164 valence electrons. The average molecular weight is 442 g/mol. The van der Waals surface area contributed by atoms with Crippen molar-refractivity contribution in [1.82, 2.24) is 14.3 Å². The number of alkyl halides is 3. The molecule has 2 aromatic carbocycles. The molecule has 0 fully saturated rings. The van der Waals surface area contributed by atoms with Gasteiger partial charge in [-0.15, -0.1) is 0 Å². The molecule has 0 saturated heterocycles. The number of aromatic nitrogens is 3. The van der Waals surface area contributed by atoms with Crippen LogP contribution in [-0.2, 0) is 13.2 Å². The van der Waals surface area contributed by atoms with E-state index in [-0.39, 0.29) is 12.2 Å². The normalized spacial score (nSPS) is 16.6. The third kappa shape index (κ3) is 3.07. The van der Waals surface area contributed by atoms with Gasteiger partial charge in [0.05, 0.1) is 23.3 Å². The van der Waals surface area contributed by atoms with E-state index in [9.17, 15) is 22.4 Å². The number of rotatable bonds is 2. The van der Waals surface area contributed by atoms with E-state index in [0.717, 1.165) is 23.0 Å². The molecular weight excluding hydrogens is 424 g/mol. The standard InChI is InChI=1S/C23H18F4N4O/c1-13-12-30(17-7-5-16(6-8-17)23(25,26)27)22(32)21-18(10-20(24)31(13)21)14-3-4-15-11-28-29(2)19(15)9-14/h3-11,13H,12H2,1-2H3/t13-/m0/s1. The maximum Gasteiger partial charge on any atom is 0.416 e. The molecule has 1 atom stereocenters. The largest absolute Gasteiger partial charge is 0.416 e. The minimum absolute atomic E-state index is 0.142. The first-order valence-electron chi connectivity index (χ1n) is 9.97. The van der Waals surface area contributed by atoms with Gasteiger partial charge in [0.15, 0.2) is 5.95 Å². The van der Waals surface area contributed by atoms with Gasteiger partial charge in [-0.2, -0.15) is 22.7 Å². The lowest BCUT2D eigenvalue weighted by Crippen LogP contribution is -2.42. The van der Waals surface area contributed by atoms with Gasteiger partial charge >= 0.3 is 6.18 Å². The minimum atomic E-state index is -4.47. The molecule has 1 aliphatic rings. The van der Waals surface area contributed by atoms with E-state index < -0.39 is 29.6 Å². The van der Waals surface area contributed by atoms with Crippen LogP contribution in [-0.4, -0.2) is 26.8 Å². The van der Waals surface area contributed by atoms with Gasteiger partial charge in [0.2, 0.25) is 0 Å². The van der Waals surface area contributed by atoms with Crippen LogP contribution in [0.1, 0.15) is 29.0 Å². The lowest BCUT2D eigenvalue weighted by atomic mass is 10.0. The number of halogens is 4. The van der Waals surface area contributed by atoms with E-state index in [2.05, 4.69) is 5.10 Å². The Hall–Kier alpha value is -3.62. The van der Waals surface area contributed by atoms with Crippen molar-refractivity contribution in [2.24, 2.45) is 7.05 Å². The summed E-state index contributed by atoms with van der Waals surface area (Å²) in [6, 6.07) is 10.8. The fourth-order valence-corrected chi connectivity index (χ4v) is 4.28. The van der Waals surface area contributed by atoms with E-state index >= 15 is 0 Å². The predicted molar refractivity (Wildman–Crippen MR) is 112 cm³/mol. The predicted octanol–water partition coefficient (Wildman–Crippen LogP) is 5.42. The lowest BCUT2D eigenvalue weighted by molar-refractivity contribution is -0.137. The maximum absolute atomic E-state index is 14.9. The van der Waals surface area contributed by atoms with Crippen LogP contribution in [0.15, 0.2) is 54.7 Å². The highest BCUT2D eigenvalue weighted by molar-refractivity contribution is 6.10. The summed E-state index contributed by atoms with van der Waals surface area (Å²) < 4.78 is 56.7. The number of fused-ring (bicyclic) bond motifs is 2. The van der Waals surface area contributed by atoms with Crippen LogP contribution in [0.25, 0.3) is 22.0 Å². The van der Waals surface area contributed by atoms with Gasteiger partial charge in [0.1, 0.15) is 5.69 Å². The molecule has 0 N–H and O–H groups in total. The molecule has 9 heteroatoms. The van der Waals surface area contributed by atoms with E-state index in [1.54, 1.807) is 30.9 Å². The SMILES string of the molecule is C[C@H]1CN(c2ccc(C(F)(F)F)cc2)C(=O)c2c(-c3ccc4cnn(C)c4c3)cc(F)n21. The van der Waals surface area contributed by atoms with Crippen LogP contribution in [0, 0.1) is 5.95 Å². The Morgan fingerprint density at radius 1 is 1.06 bits per heavy atom. The molecule has 0 bridgehead atoms. The third-order valence-electron chi connectivity index (χ3n) is 5.89. The highest BCUT2D eigenvalue weighted by Gasteiger charge is 2.36. The molecule has 0 saturated carbocycles. The first-order valence-corrected chi connectivity index (χ1v) is 9.97. The first kappa shape index (κ1) is 20.3. The van der Waals surface area contributed by atoms with E-state index in [1.807, 2.05) is 12.1 Å². The molecule has 0 unspecified atom stereocenters. The Morgan fingerprint density at radius 2 is 1.78 bits per heavy atom. The van der Waals surface area contributed by atoms with Gasteiger partial charge in [0, 0.05) is 36.3 Å². The highest BCUT2D eigenvalue weighted by atomic mass is 19.4. The molecule has 32 heavy (non-hydrogen) atoms. The van der Waals surface area contributed by atoms with E-state index in [0.29, 0.717) is 16.8 Å². The molecule has 1 amide bonds. The Labute approximate surface area is 180 Å². The Balaban J connectivity index is 1.60. The summed E-state index contributed by atoms with van der Waals surface area (Å²) in [5.41, 5.74) is 1.62. The van der Waals surface area contributed by atoms with Crippen LogP contribution in [0.5, 0.6) is 0 Å². The average Bonchev–Trinajstić information content (AvgIpc) is 3.30.